The lowest BCUT2D eigenvalue weighted by atomic mass is 10.1. The van der Waals surface area contributed by atoms with Crippen LogP contribution >= 0.6 is 0 Å². The first-order valence-corrected chi connectivity index (χ1v) is 7.41. The zero-order valence-electron chi connectivity index (χ0n) is 12.5. The zero-order chi connectivity index (χ0) is 14.7. The minimum Gasteiger partial charge on any atom is -0.354 e. The van der Waals surface area contributed by atoms with Crippen LogP contribution in [0.15, 0.2) is 42.7 Å². The number of para-hydroxylation sites is 1. The van der Waals surface area contributed by atoms with Crippen LogP contribution in [-0.2, 0) is 7.05 Å². The fraction of sp³-hybridized carbons (Fsp3) is 0.294. The van der Waals surface area contributed by atoms with E-state index in [1.165, 1.54) is 10.9 Å². The Morgan fingerprint density at radius 3 is 2.90 bits per heavy atom. The molecule has 0 unspecified atom stereocenters. The van der Waals surface area contributed by atoms with Gasteiger partial charge in [0.15, 0.2) is 0 Å². The summed E-state index contributed by atoms with van der Waals surface area (Å²) in [6.45, 7) is 3.09. The van der Waals surface area contributed by atoms with Gasteiger partial charge in [-0.2, -0.15) is 0 Å². The Hall–Kier alpha value is -2.36. The highest BCUT2D eigenvalue weighted by Crippen LogP contribution is 2.28. The molecule has 0 radical (unpaired) electrons. The van der Waals surface area contributed by atoms with Crippen molar-refractivity contribution in [2.45, 2.75) is 19.8 Å². The predicted octanol–water partition coefficient (Wildman–Crippen LogP) is 3.85. The zero-order valence-corrected chi connectivity index (χ0v) is 12.5. The van der Waals surface area contributed by atoms with Gasteiger partial charge >= 0.3 is 0 Å². The number of nitrogens with one attached hydrogen (secondary N) is 1. The molecule has 0 saturated carbocycles. The van der Waals surface area contributed by atoms with Gasteiger partial charge in [-0.3, -0.25) is 0 Å². The number of anilines is 1. The molecule has 4 heteroatoms. The third-order valence-corrected chi connectivity index (χ3v) is 3.64. The van der Waals surface area contributed by atoms with E-state index in [1.54, 1.807) is 0 Å². The molecule has 0 aliphatic rings. The number of rotatable bonds is 5. The quantitative estimate of drug-likeness (QED) is 0.722. The van der Waals surface area contributed by atoms with Gasteiger partial charge in [0, 0.05) is 42.5 Å². The first-order chi connectivity index (χ1) is 10.3. The minimum atomic E-state index is 0.703. The molecule has 1 N–H and O–H groups in total. The average Bonchev–Trinajstić information content (AvgIpc) is 2.86. The molecule has 3 aromatic rings. The van der Waals surface area contributed by atoms with Gasteiger partial charge in [0.1, 0.15) is 0 Å². The summed E-state index contributed by atoms with van der Waals surface area (Å²) in [5.74, 6) is 0.703. The van der Waals surface area contributed by atoms with Crippen molar-refractivity contribution in [3.8, 4) is 11.3 Å². The molecule has 2 heterocycles. The van der Waals surface area contributed by atoms with E-state index < -0.39 is 0 Å². The Bertz CT molecular complexity index is 745. The summed E-state index contributed by atoms with van der Waals surface area (Å²) >= 11 is 0. The Balaban J connectivity index is 1.97. The van der Waals surface area contributed by atoms with Gasteiger partial charge in [0.2, 0.25) is 5.95 Å². The summed E-state index contributed by atoms with van der Waals surface area (Å²) < 4.78 is 2.14. The van der Waals surface area contributed by atoms with E-state index in [0.717, 1.165) is 30.6 Å². The number of aryl methyl sites for hydroxylation is 1. The van der Waals surface area contributed by atoms with E-state index in [1.807, 2.05) is 12.3 Å². The second-order valence-electron chi connectivity index (χ2n) is 5.22. The summed E-state index contributed by atoms with van der Waals surface area (Å²) in [6.07, 6.45) is 6.24. The normalized spacial score (nSPS) is 11.0. The maximum absolute atomic E-state index is 4.64. The summed E-state index contributed by atoms with van der Waals surface area (Å²) in [7, 11) is 2.06. The molecule has 3 rings (SSSR count). The Labute approximate surface area is 124 Å². The highest BCUT2D eigenvalue weighted by Gasteiger charge is 2.09. The maximum atomic E-state index is 4.64. The summed E-state index contributed by atoms with van der Waals surface area (Å²) in [6, 6.07) is 10.3. The van der Waals surface area contributed by atoms with Crippen LogP contribution in [0.3, 0.4) is 0 Å². The van der Waals surface area contributed by atoms with Gasteiger partial charge in [-0.15, -0.1) is 0 Å². The molecule has 0 atom stereocenters. The molecular formula is C17H20N4. The van der Waals surface area contributed by atoms with Gasteiger partial charge in [-0.05, 0) is 18.6 Å². The lowest BCUT2D eigenvalue weighted by Gasteiger charge is -2.05. The highest BCUT2D eigenvalue weighted by atomic mass is 15.1. The Morgan fingerprint density at radius 1 is 1.19 bits per heavy atom. The maximum Gasteiger partial charge on any atom is 0.223 e. The molecule has 0 aliphatic heterocycles. The first kappa shape index (κ1) is 13.6. The third-order valence-electron chi connectivity index (χ3n) is 3.64. The van der Waals surface area contributed by atoms with E-state index in [9.17, 15) is 0 Å². The molecule has 0 bridgehead atoms. The van der Waals surface area contributed by atoms with Crippen LogP contribution in [0.4, 0.5) is 5.95 Å². The van der Waals surface area contributed by atoms with Crippen LogP contribution < -0.4 is 5.32 Å². The molecule has 0 aliphatic carbocycles. The number of benzene rings is 1. The number of aromatic nitrogens is 3. The van der Waals surface area contributed by atoms with Crippen LogP contribution in [0.25, 0.3) is 22.2 Å². The largest absolute Gasteiger partial charge is 0.354 e. The fourth-order valence-corrected chi connectivity index (χ4v) is 2.52. The first-order valence-electron chi connectivity index (χ1n) is 7.41. The molecule has 108 valence electrons. The number of fused-ring (bicyclic) bond motifs is 1. The third kappa shape index (κ3) is 2.75. The fourth-order valence-electron chi connectivity index (χ4n) is 2.52. The van der Waals surface area contributed by atoms with Gasteiger partial charge < -0.3 is 9.88 Å². The highest BCUT2D eigenvalue weighted by molar-refractivity contribution is 5.95. The van der Waals surface area contributed by atoms with Crippen molar-refractivity contribution in [3.63, 3.8) is 0 Å². The van der Waals surface area contributed by atoms with Gasteiger partial charge in [-0.25, -0.2) is 9.97 Å². The van der Waals surface area contributed by atoms with Crippen LogP contribution in [-0.4, -0.2) is 21.1 Å². The molecular weight excluding hydrogens is 260 g/mol. The lowest BCUT2D eigenvalue weighted by molar-refractivity contribution is 0.826. The minimum absolute atomic E-state index is 0.703. The summed E-state index contributed by atoms with van der Waals surface area (Å²) in [5, 5.41) is 4.50. The molecule has 2 aromatic heterocycles. The Morgan fingerprint density at radius 2 is 2.05 bits per heavy atom. The molecule has 1 aromatic carbocycles. The van der Waals surface area contributed by atoms with E-state index >= 15 is 0 Å². The van der Waals surface area contributed by atoms with Crippen molar-refractivity contribution in [1.82, 2.24) is 14.5 Å². The smallest absolute Gasteiger partial charge is 0.223 e. The van der Waals surface area contributed by atoms with Crippen LogP contribution in [0.1, 0.15) is 19.8 Å². The lowest BCUT2D eigenvalue weighted by Crippen LogP contribution is -2.05. The SMILES string of the molecule is CCCCNc1nccc(-c2cn(C)c3ccccc23)n1. The van der Waals surface area contributed by atoms with E-state index in [4.69, 9.17) is 0 Å². The van der Waals surface area contributed by atoms with Crippen molar-refractivity contribution in [2.75, 3.05) is 11.9 Å². The van der Waals surface area contributed by atoms with Crippen molar-refractivity contribution in [1.29, 1.82) is 0 Å². The predicted molar refractivity (Wildman–Crippen MR) is 87.3 cm³/mol. The van der Waals surface area contributed by atoms with Gasteiger partial charge in [0.05, 0.1) is 5.69 Å². The van der Waals surface area contributed by atoms with Crippen molar-refractivity contribution >= 4 is 16.9 Å². The molecule has 21 heavy (non-hydrogen) atoms. The van der Waals surface area contributed by atoms with Crippen LogP contribution in [0.2, 0.25) is 0 Å². The monoisotopic (exact) mass is 280 g/mol. The van der Waals surface area contributed by atoms with E-state index in [2.05, 4.69) is 64.3 Å². The summed E-state index contributed by atoms with van der Waals surface area (Å²) in [5.41, 5.74) is 3.32. The molecule has 0 amide bonds. The summed E-state index contributed by atoms with van der Waals surface area (Å²) in [4.78, 5) is 8.94. The van der Waals surface area contributed by atoms with E-state index in [-0.39, 0.29) is 0 Å². The van der Waals surface area contributed by atoms with Crippen molar-refractivity contribution in [2.24, 2.45) is 7.05 Å². The molecule has 0 saturated heterocycles. The van der Waals surface area contributed by atoms with Crippen molar-refractivity contribution < 1.29 is 0 Å². The second kappa shape index (κ2) is 5.95. The van der Waals surface area contributed by atoms with Crippen molar-refractivity contribution in [3.05, 3.63) is 42.7 Å². The Kier molecular flexibility index (Phi) is 3.86. The second-order valence-corrected chi connectivity index (χ2v) is 5.22. The molecule has 0 fully saturated rings. The average molecular weight is 280 g/mol. The number of unbranched alkanes of at least 4 members (excludes halogenated alkanes) is 1. The van der Waals surface area contributed by atoms with Crippen LogP contribution in [0.5, 0.6) is 0 Å². The van der Waals surface area contributed by atoms with E-state index in [0.29, 0.717) is 5.95 Å². The number of hydrogen-bond donors (Lipinski definition) is 1. The van der Waals surface area contributed by atoms with Crippen LogP contribution in [0, 0.1) is 0 Å². The topological polar surface area (TPSA) is 42.7 Å². The molecule has 0 spiro atoms. The number of nitrogens with zero attached hydrogens (tertiary/aromatic N) is 3. The number of hydrogen-bond acceptors (Lipinski definition) is 3. The van der Waals surface area contributed by atoms with Gasteiger partial charge in [0.25, 0.3) is 0 Å². The standard InChI is InChI=1S/C17H20N4/c1-3-4-10-18-17-19-11-9-15(20-17)14-12-21(2)16-8-6-5-7-13(14)16/h5-9,11-12H,3-4,10H2,1-2H3,(H,18,19,20). The molecule has 4 nitrogen and oxygen atoms in total. The van der Waals surface area contributed by atoms with Gasteiger partial charge in [-0.1, -0.05) is 31.5 Å².